The molecular formula is C17H19NO3. The van der Waals surface area contributed by atoms with Gasteiger partial charge >= 0.3 is 0 Å². The third kappa shape index (κ3) is 4.24. The number of carbonyl (C=O) groups is 1. The average Bonchev–Trinajstić information content (AvgIpc) is 3.00. The van der Waals surface area contributed by atoms with Gasteiger partial charge in [0.15, 0.2) is 5.76 Å². The molecule has 0 spiro atoms. The highest BCUT2D eigenvalue weighted by atomic mass is 16.5. The first-order valence-corrected chi connectivity index (χ1v) is 6.92. The summed E-state index contributed by atoms with van der Waals surface area (Å²) in [5, 5.41) is 2.66. The third-order valence-electron chi connectivity index (χ3n) is 3.01. The Balaban J connectivity index is 1.89. The van der Waals surface area contributed by atoms with Crippen molar-refractivity contribution in [3.63, 3.8) is 0 Å². The Morgan fingerprint density at radius 1 is 1.29 bits per heavy atom. The molecule has 2 aromatic rings. The number of aryl methyl sites for hydroxylation is 1. The molecule has 1 aromatic heterocycles. The van der Waals surface area contributed by atoms with E-state index in [1.165, 1.54) is 5.56 Å². The van der Waals surface area contributed by atoms with E-state index in [-0.39, 0.29) is 11.7 Å². The van der Waals surface area contributed by atoms with Gasteiger partial charge in [0.25, 0.3) is 5.91 Å². The van der Waals surface area contributed by atoms with Gasteiger partial charge in [0.05, 0.1) is 0 Å². The molecule has 0 aliphatic heterocycles. The Labute approximate surface area is 124 Å². The quantitative estimate of drug-likeness (QED) is 0.794. The van der Waals surface area contributed by atoms with Crippen molar-refractivity contribution >= 4 is 5.91 Å². The van der Waals surface area contributed by atoms with E-state index in [0.717, 1.165) is 12.2 Å². The van der Waals surface area contributed by atoms with Crippen LogP contribution in [0.2, 0.25) is 0 Å². The molecule has 1 heterocycles. The molecule has 4 nitrogen and oxygen atoms in total. The maximum Gasteiger partial charge on any atom is 0.287 e. The minimum absolute atomic E-state index is 0.256. The van der Waals surface area contributed by atoms with E-state index < -0.39 is 0 Å². The topological polar surface area (TPSA) is 51.5 Å². The number of nitrogens with one attached hydrogen (secondary N) is 1. The number of rotatable bonds is 7. The summed E-state index contributed by atoms with van der Waals surface area (Å²) in [5.41, 5.74) is 1.27. The molecule has 2 rings (SSSR count). The van der Waals surface area contributed by atoms with E-state index in [1.54, 1.807) is 18.2 Å². The van der Waals surface area contributed by atoms with Gasteiger partial charge in [-0.25, -0.2) is 0 Å². The summed E-state index contributed by atoms with van der Waals surface area (Å²) in [6.07, 6.45) is 2.62. The molecule has 0 aliphatic carbocycles. The predicted molar refractivity (Wildman–Crippen MR) is 81.4 cm³/mol. The van der Waals surface area contributed by atoms with Crippen molar-refractivity contribution in [2.24, 2.45) is 0 Å². The van der Waals surface area contributed by atoms with Crippen LogP contribution < -0.4 is 10.1 Å². The highest BCUT2D eigenvalue weighted by molar-refractivity contribution is 5.91. The Morgan fingerprint density at radius 3 is 2.71 bits per heavy atom. The van der Waals surface area contributed by atoms with Gasteiger partial charge in [0.1, 0.15) is 18.1 Å². The van der Waals surface area contributed by atoms with Crippen molar-refractivity contribution in [3.05, 3.63) is 66.1 Å². The number of carbonyl (C=O) groups excluding carboxylic acids is 1. The van der Waals surface area contributed by atoms with E-state index in [1.807, 2.05) is 24.3 Å². The van der Waals surface area contributed by atoms with Gasteiger partial charge in [-0.2, -0.15) is 0 Å². The first-order valence-electron chi connectivity index (χ1n) is 6.92. The Kier molecular flexibility index (Phi) is 5.21. The number of hydrogen-bond acceptors (Lipinski definition) is 3. The zero-order valence-electron chi connectivity index (χ0n) is 12.1. The fourth-order valence-corrected chi connectivity index (χ4v) is 1.81. The third-order valence-corrected chi connectivity index (χ3v) is 3.01. The van der Waals surface area contributed by atoms with Gasteiger partial charge in [-0.15, -0.1) is 6.58 Å². The summed E-state index contributed by atoms with van der Waals surface area (Å²) in [7, 11) is 0. The smallest absolute Gasteiger partial charge is 0.287 e. The number of amides is 1. The molecule has 0 aliphatic rings. The van der Waals surface area contributed by atoms with Crippen LogP contribution in [-0.4, -0.2) is 12.5 Å². The molecule has 1 aromatic carbocycles. The molecule has 4 heteroatoms. The lowest BCUT2D eigenvalue weighted by Gasteiger charge is -2.05. The predicted octanol–water partition coefficient (Wildman–Crippen LogP) is 3.34. The first-order chi connectivity index (χ1) is 10.2. The summed E-state index contributed by atoms with van der Waals surface area (Å²) in [4.78, 5) is 11.7. The van der Waals surface area contributed by atoms with Crippen LogP contribution in [0.15, 0.2) is 53.5 Å². The minimum Gasteiger partial charge on any atom is -0.486 e. The summed E-state index contributed by atoms with van der Waals surface area (Å²) in [5.74, 6) is 1.41. The maximum atomic E-state index is 11.7. The van der Waals surface area contributed by atoms with E-state index in [0.29, 0.717) is 18.9 Å². The number of ether oxygens (including phenoxy) is 1. The molecule has 0 fully saturated rings. The lowest BCUT2D eigenvalue weighted by Crippen LogP contribution is -2.22. The van der Waals surface area contributed by atoms with Gasteiger partial charge < -0.3 is 14.5 Å². The summed E-state index contributed by atoms with van der Waals surface area (Å²) >= 11 is 0. The Bertz CT molecular complexity index is 599. The number of hydrogen-bond donors (Lipinski definition) is 1. The van der Waals surface area contributed by atoms with Crippen LogP contribution in [0.4, 0.5) is 0 Å². The standard InChI is InChI=1S/C17H19NO3/c1-3-11-18-17(19)16-10-9-15(21-16)12-20-14-7-5-13(4-2)6-8-14/h3,5-10H,1,4,11-12H2,2H3,(H,18,19). The monoisotopic (exact) mass is 285 g/mol. The first kappa shape index (κ1) is 14.9. The molecule has 1 N–H and O–H groups in total. The molecule has 110 valence electrons. The number of furan rings is 1. The molecule has 0 saturated heterocycles. The maximum absolute atomic E-state index is 11.7. The van der Waals surface area contributed by atoms with Crippen LogP contribution >= 0.6 is 0 Å². The van der Waals surface area contributed by atoms with E-state index in [9.17, 15) is 4.79 Å². The van der Waals surface area contributed by atoms with Crippen LogP contribution in [-0.2, 0) is 13.0 Å². The van der Waals surface area contributed by atoms with Crippen LogP contribution in [0.25, 0.3) is 0 Å². The van der Waals surface area contributed by atoms with E-state index in [4.69, 9.17) is 9.15 Å². The molecule has 0 atom stereocenters. The summed E-state index contributed by atoms with van der Waals surface area (Å²) < 4.78 is 11.1. The lowest BCUT2D eigenvalue weighted by atomic mass is 10.2. The second-order valence-corrected chi connectivity index (χ2v) is 4.55. The Morgan fingerprint density at radius 2 is 2.05 bits per heavy atom. The van der Waals surface area contributed by atoms with Gasteiger partial charge in [-0.05, 0) is 36.2 Å². The normalized spacial score (nSPS) is 10.1. The molecular weight excluding hydrogens is 266 g/mol. The highest BCUT2D eigenvalue weighted by Gasteiger charge is 2.10. The molecule has 1 amide bonds. The van der Waals surface area contributed by atoms with Crippen LogP contribution in [0.5, 0.6) is 5.75 Å². The molecule has 0 radical (unpaired) electrons. The van der Waals surface area contributed by atoms with Crippen molar-refractivity contribution in [2.45, 2.75) is 20.0 Å². The molecule has 0 unspecified atom stereocenters. The fraction of sp³-hybridized carbons (Fsp3) is 0.235. The van der Waals surface area contributed by atoms with Crippen molar-refractivity contribution in [1.82, 2.24) is 5.32 Å². The van der Waals surface area contributed by atoms with Gasteiger partial charge in [0, 0.05) is 6.54 Å². The SMILES string of the molecule is C=CCNC(=O)c1ccc(COc2ccc(CC)cc2)o1. The van der Waals surface area contributed by atoms with Crippen LogP contribution in [0, 0.1) is 0 Å². The van der Waals surface area contributed by atoms with Gasteiger partial charge in [-0.3, -0.25) is 4.79 Å². The highest BCUT2D eigenvalue weighted by Crippen LogP contribution is 2.15. The lowest BCUT2D eigenvalue weighted by molar-refractivity contribution is 0.0926. The van der Waals surface area contributed by atoms with Crippen molar-refractivity contribution in [2.75, 3.05) is 6.54 Å². The zero-order valence-corrected chi connectivity index (χ0v) is 12.1. The number of benzene rings is 1. The van der Waals surface area contributed by atoms with E-state index >= 15 is 0 Å². The largest absolute Gasteiger partial charge is 0.486 e. The van der Waals surface area contributed by atoms with Crippen LogP contribution in [0.3, 0.4) is 0 Å². The average molecular weight is 285 g/mol. The van der Waals surface area contributed by atoms with Gasteiger partial charge in [-0.1, -0.05) is 25.1 Å². The zero-order chi connectivity index (χ0) is 15.1. The van der Waals surface area contributed by atoms with E-state index in [2.05, 4.69) is 18.8 Å². The van der Waals surface area contributed by atoms with Crippen molar-refractivity contribution in [3.8, 4) is 5.75 Å². The summed E-state index contributed by atoms with van der Waals surface area (Å²) in [6, 6.07) is 11.3. The minimum atomic E-state index is -0.256. The van der Waals surface area contributed by atoms with Crippen LogP contribution in [0.1, 0.15) is 28.8 Å². The second kappa shape index (κ2) is 7.33. The molecule has 0 saturated carbocycles. The van der Waals surface area contributed by atoms with Crippen molar-refractivity contribution < 1.29 is 13.9 Å². The van der Waals surface area contributed by atoms with Crippen molar-refractivity contribution in [1.29, 1.82) is 0 Å². The molecule has 0 bridgehead atoms. The Hall–Kier alpha value is -2.49. The molecule has 21 heavy (non-hydrogen) atoms. The fourth-order valence-electron chi connectivity index (χ4n) is 1.81. The second-order valence-electron chi connectivity index (χ2n) is 4.55. The van der Waals surface area contributed by atoms with Gasteiger partial charge in [0.2, 0.25) is 0 Å². The summed E-state index contributed by atoms with van der Waals surface area (Å²) in [6.45, 7) is 6.35.